The molecule has 1 aliphatic rings. The predicted octanol–water partition coefficient (Wildman–Crippen LogP) is 3.65. The number of amides is 2. The lowest BCUT2D eigenvalue weighted by Crippen LogP contribution is -2.44. The van der Waals surface area contributed by atoms with E-state index in [1.165, 1.54) is 24.3 Å². The number of anilines is 1. The summed E-state index contributed by atoms with van der Waals surface area (Å²) < 4.78 is 18.7. The fourth-order valence-electron chi connectivity index (χ4n) is 4.02. The lowest BCUT2D eigenvalue weighted by Gasteiger charge is -2.30. The van der Waals surface area contributed by atoms with Crippen LogP contribution in [0.3, 0.4) is 0 Å². The Morgan fingerprint density at radius 2 is 1.82 bits per heavy atom. The van der Waals surface area contributed by atoms with E-state index in [0.29, 0.717) is 37.6 Å². The van der Waals surface area contributed by atoms with Crippen LogP contribution in [0.5, 0.6) is 0 Å². The highest BCUT2D eigenvalue weighted by Crippen LogP contribution is 2.20. The number of nitrogens with one attached hydrogen (secondary N) is 2. The molecule has 0 bridgehead atoms. The molecule has 2 N–H and O–H groups in total. The van der Waals surface area contributed by atoms with Gasteiger partial charge in [0, 0.05) is 42.8 Å². The molecule has 2 aromatic carbocycles. The highest BCUT2D eigenvalue weighted by Gasteiger charge is 2.19. The second kappa shape index (κ2) is 10.1. The maximum absolute atomic E-state index is 13.3. The quantitative estimate of drug-likeness (QED) is 0.599. The molecule has 2 amide bonds. The summed E-state index contributed by atoms with van der Waals surface area (Å²) in [5.74, 6) is -0.370. The Kier molecular flexibility index (Phi) is 7.05. The number of rotatable bonds is 6. The molecule has 1 saturated heterocycles. The molecule has 0 aliphatic carbocycles. The summed E-state index contributed by atoms with van der Waals surface area (Å²) in [4.78, 5) is 32.9. The van der Waals surface area contributed by atoms with E-state index in [9.17, 15) is 14.0 Å². The Balaban J connectivity index is 1.58. The van der Waals surface area contributed by atoms with E-state index in [1.54, 1.807) is 4.90 Å². The Morgan fingerprint density at radius 3 is 2.55 bits per heavy atom. The summed E-state index contributed by atoms with van der Waals surface area (Å²) in [5.41, 5.74) is 3.69. The summed E-state index contributed by atoms with van der Waals surface area (Å²) in [6.45, 7) is 8.20. The normalized spacial score (nSPS) is 14.4. The minimum absolute atomic E-state index is 0.163. The van der Waals surface area contributed by atoms with Crippen molar-refractivity contribution in [2.45, 2.75) is 20.4 Å². The molecule has 1 aromatic heterocycles. The van der Waals surface area contributed by atoms with Crippen molar-refractivity contribution in [3.8, 4) is 0 Å². The number of fused-ring (bicyclic) bond motifs is 1. The summed E-state index contributed by atoms with van der Waals surface area (Å²) in [7, 11) is 0. The van der Waals surface area contributed by atoms with Crippen molar-refractivity contribution in [1.29, 1.82) is 0 Å². The topological polar surface area (TPSA) is 77.7 Å². The first kappa shape index (κ1) is 22.9. The molecule has 0 spiro atoms. The Morgan fingerprint density at radius 1 is 1.12 bits per heavy atom. The van der Waals surface area contributed by atoms with Crippen molar-refractivity contribution in [1.82, 2.24) is 14.8 Å². The third-order valence-electron chi connectivity index (χ3n) is 6.05. The second-order valence-electron chi connectivity index (χ2n) is 8.42. The molecule has 1 fully saturated rings. The van der Waals surface area contributed by atoms with Gasteiger partial charge in [0.05, 0.1) is 25.3 Å². The third kappa shape index (κ3) is 5.58. The van der Waals surface area contributed by atoms with Crippen LogP contribution in [0.2, 0.25) is 0 Å². The maximum atomic E-state index is 13.3. The number of H-pyrrole nitrogens is 1. The van der Waals surface area contributed by atoms with Crippen LogP contribution in [0.15, 0.2) is 47.3 Å². The molecule has 2 heterocycles. The van der Waals surface area contributed by atoms with Crippen LogP contribution in [-0.2, 0) is 11.3 Å². The minimum atomic E-state index is -0.370. The molecular weight excluding hydrogens is 423 g/mol. The van der Waals surface area contributed by atoms with E-state index in [2.05, 4.69) is 15.2 Å². The Labute approximate surface area is 192 Å². The molecule has 8 heteroatoms. The van der Waals surface area contributed by atoms with Crippen LogP contribution in [0.25, 0.3) is 10.9 Å². The van der Waals surface area contributed by atoms with Crippen LogP contribution in [0.1, 0.15) is 16.7 Å². The second-order valence-corrected chi connectivity index (χ2v) is 8.42. The van der Waals surface area contributed by atoms with Gasteiger partial charge < -0.3 is 19.9 Å². The van der Waals surface area contributed by atoms with Crippen molar-refractivity contribution in [3.63, 3.8) is 0 Å². The Hall–Kier alpha value is -3.23. The molecule has 0 saturated carbocycles. The average molecular weight is 453 g/mol. The van der Waals surface area contributed by atoms with E-state index in [4.69, 9.17) is 4.74 Å². The van der Waals surface area contributed by atoms with Gasteiger partial charge in [0.1, 0.15) is 5.82 Å². The molecule has 0 atom stereocenters. The SMILES string of the molecule is Cc1ccc(C)c2[nH]c(=O)c(CN(CCN3CCOCC3)C(=O)Nc3ccc(F)cc3)cc12. The molecule has 174 valence electrons. The van der Waals surface area contributed by atoms with Gasteiger partial charge in [-0.2, -0.15) is 0 Å². The number of aromatic amines is 1. The zero-order valence-electron chi connectivity index (χ0n) is 19.0. The number of benzene rings is 2. The van der Waals surface area contributed by atoms with E-state index in [1.807, 2.05) is 32.0 Å². The van der Waals surface area contributed by atoms with Gasteiger partial charge >= 0.3 is 6.03 Å². The van der Waals surface area contributed by atoms with Crippen LogP contribution >= 0.6 is 0 Å². The molecular formula is C25H29FN4O3. The minimum Gasteiger partial charge on any atom is -0.379 e. The smallest absolute Gasteiger partial charge is 0.322 e. The largest absolute Gasteiger partial charge is 0.379 e. The van der Waals surface area contributed by atoms with Crippen molar-refractivity contribution in [2.24, 2.45) is 0 Å². The first-order chi connectivity index (χ1) is 15.9. The van der Waals surface area contributed by atoms with Gasteiger partial charge in [-0.25, -0.2) is 9.18 Å². The number of aromatic nitrogens is 1. The highest BCUT2D eigenvalue weighted by atomic mass is 19.1. The van der Waals surface area contributed by atoms with Crippen molar-refractivity contribution >= 4 is 22.6 Å². The molecule has 0 unspecified atom stereocenters. The lowest BCUT2D eigenvalue weighted by atomic mass is 10.0. The molecule has 3 aromatic rings. The number of halogens is 1. The van der Waals surface area contributed by atoms with Crippen LogP contribution in [0, 0.1) is 19.7 Å². The zero-order chi connectivity index (χ0) is 23.4. The van der Waals surface area contributed by atoms with Crippen molar-refractivity contribution < 1.29 is 13.9 Å². The third-order valence-corrected chi connectivity index (χ3v) is 6.05. The van der Waals surface area contributed by atoms with E-state index in [0.717, 1.165) is 35.1 Å². The van der Waals surface area contributed by atoms with Gasteiger partial charge in [0.2, 0.25) is 0 Å². The predicted molar refractivity (Wildman–Crippen MR) is 127 cm³/mol. The summed E-state index contributed by atoms with van der Waals surface area (Å²) in [6.07, 6.45) is 0. The highest BCUT2D eigenvalue weighted by molar-refractivity contribution is 5.89. The van der Waals surface area contributed by atoms with Crippen LogP contribution in [0.4, 0.5) is 14.9 Å². The number of carbonyl (C=O) groups is 1. The zero-order valence-corrected chi connectivity index (χ0v) is 19.0. The molecule has 1 aliphatic heterocycles. The number of aryl methyl sites for hydroxylation is 2. The summed E-state index contributed by atoms with van der Waals surface area (Å²) >= 11 is 0. The van der Waals surface area contributed by atoms with Gasteiger partial charge in [0.25, 0.3) is 5.56 Å². The summed E-state index contributed by atoms with van der Waals surface area (Å²) in [6, 6.07) is 11.2. The first-order valence-corrected chi connectivity index (χ1v) is 11.1. The van der Waals surface area contributed by atoms with Gasteiger partial charge in [-0.1, -0.05) is 12.1 Å². The number of hydrogen-bond acceptors (Lipinski definition) is 4. The number of nitrogens with zero attached hydrogens (tertiary/aromatic N) is 2. The lowest BCUT2D eigenvalue weighted by molar-refractivity contribution is 0.0349. The van der Waals surface area contributed by atoms with Gasteiger partial charge in [-0.05, 0) is 55.3 Å². The van der Waals surface area contributed by atoms with Gasteiger partial charge in [0.15, 0.2) is 0 Å². The fourth-order valence-corrected chi connectivity index (χ4v) is 4.02. The van der Waals surface area contributed by atoms with Gasteiger partial charge in [-0.3, -0.25) is 9.69 Å². The number of morpholine rings is 1. The molecule has 7 nitrogen and oxygen atoms in total. The molecule has 4 rings (SSSR count). The standard InChI is InChI=1S/C25H29FN4O3/c1-17-3-4-18(2)23-22(17)15-19(24(31)28-23)16-30(10-9-29-11-13-33-14-12-29)25(32)27-21-7-5-20(26)6-8-21/h3-8,15H,9-14,16H2,1-2H3,(H,27,32)(H,28,31). The number of urea groups is 1. The number of carbonyl (C=O) groups excluding carboxylic acids is 1. The number of ether oxygens (including phenoxy) is 1. The van der Waals surface area contributed by atoms with E-state index < -0.39 is 0 Å². The monoisotopic (exact) mass is 452 g/mol. The van der Waals surface area contributed by atoms with Gasteiger partial charge in [-0.15, -0.1) is 0 Å². The van der Waals surface area contributed by atoms with E-state index in [-0.39, 0.29) is 24.0 Å². The number of hydrogen-bond donors (Lipinski definition) is 2. The van der Waals surface area contributed by atoms with Crippen LogP contribution in [-0.4, -0.2) is 60.2 Å². The summed E-state index contributed by atoms with van der Waals surface area (Å²) in [5, 5.41) is 3.79. The maximum Gasteiger partial charge on any atom is 0.322 e. The first-order valence-electron chi connectivity index (χ1n) is 11.1. The van der Waals surface area contributed by atoms with Crippen molar-refractivity contribution in [2.75, 3.05) is 44.7 Å². The fraction of sp³-hybridized carbons (Fsp3) is 0.360. The van der Waals surface area contributed by atoms with E-state index >= 15 is 0 Å². The molecule has 33 heavy (non-hydrogen) atoms. The average Bonchev–Trinajstić information content (AvgIpc) is 2.82. The van der Waals surface area contributed by atoms with Crippen molar-refractivity contribution in [3.05, 3.63) is 75.3 Å². The Bertz CT molecular complexity index is 1190. The number of pyridine rings is 1. The van der Waals surface area contributed by atoms with Crippen LogP contribution < -0.4 is 10.9 Å². The molecule has 0 radical (unpaired) electrons.